The first-order chi connectivity index (χ1) is 7.17. The van der Waals surface area contributed by atoms with Crippen LogP contribution in [-0.4, -0.2) is 11.7 Å². The summed E-state index contributed by atoms with van der Waals surface area (Å²) in [7, 11) is 0. The first-order valence-electron chi connectivity index (χ1n) is 4.30. The van der Waals surface area contributed by atoms with E-state index in [1.54, 1.807) is 0 Å². The van der Waals surface area contributed by atoms with Crippen molar-refractivity contribution in [2.45, 2.75) is 13.3 Å². The van der Waals surface area contributed by atoms with Crippen LogP contribution < -0.4 is 5.32 Å². The number of carbonyl (C=O) groups excluding carboxylic acids is 2. The van der Waals surface area contributed by atoms with E-state index < -0.39 is 25.0 Å². The molecule has 15 heavy (non-hydrogen) atoms. The number of hydrogen-bond acceptors (Lipinski definition) is 2. The van der Waals surface area contributed by atoms with Crippen LogP contribution in [0.3, 0.4) is 0 Å². The first kappa shape index (κ1) is 9.76. The van der Waals surface area contributed by atoms with Gasteiger partial charge >= 0.3 is 0 Å². The monoisotopic (exact) mass is 211 g/mol. The second-order valence-electron chi connectivity index (χ2n) is 3.23. The standard InChI is InChI=1S/C10H7F2NO2/c11-3-5-1-6(4-12)8-7(2-5)13-10(15)9(8)14/h1-2H,3-4H2,(H,13,14,15). The van der Waals surface area contributed by atoms with Crippen LogP contribution in [0.5, 0.6) is 0 Å². The van der Waals surface area contributed by atoms with E-state index in [0.29, 0.717) is 0 Å². The van der Waals surface area contributed by atoms with Gasteiger partial charge in [0.05, 0.1) is 11.3 Å². The highest BCUT2D eigenvalue weighted by Crippen LogP contribution is 2.29. The smallest absolute Gasteiger partial charge is 0.296 e. The molecular weight excluding hydrogens is 204 g/mol. The molecule has 1 aromatic rings. The van der Waals surface area contributed by atoms with E-state index in [-0.39, 0.29) is 22.4 Å². The van der Waals surface area contributed by atoms with Crippen LogP contribution >= 0.6 is 0 Å². The predicted molar refractivity (Wildman–Crippen MR) is 49.0 cm³/mol. The number of nitrogens with one attached hydrogen (secondary N) is 1. The Balaban J connectivity index is 2.63. The molecule has 0 fully saturated rings. The molecule has 0 aliphatic carbocycles. The predicted octanol–water partition coefficient (Wildman–Crippen LogP) is 1.76. The van der Waals surface area contributed by atoms with Gasteiger partial charge in [0.2, 0.25) is 0 Å². The van der Waals surface area contributed by atoms with Crippen LogP contribution in [0.4, 0.5) is 14.5 Å². The van der Waals surface area contributed by atoms with Crippen molar-refractivity contribution in [2.24, 2.45) is 0 Å². The summed E-state index contributed by atoms with van der Waals surface area (Å²) >= 11 is 0. The Labute approximate surface area is 84.1 Å². The molecule has 0 radical (unpaired) electrons. The number of fused-ring (bicyclic) bond motifs is 1. The Bertz CT molecular complexity index is 457. The van der Waals surface area contributed by atoms with Gasteiger partial charge in [-0.1, -0.05) is 0 Å². The molecule has 1 aliphatic rings. The third-order valence-corrected chi connectivity index (χ3v) is 2.26. The Kier molecular flexibility index (Phi) is 2.22. The summed E-state index contributed by atoms with van der Waals surface area (Å²) in [6.45, 7) is -1.65. The topological polar surface area (TPSA) is 46.2 Å². The van der Waals surface area contributed by atoms with Crippen LogP contribution in [0.1, 0.15) is 21.5 Å². The Morgan fingerprint density at radius 2 is 1.87 bits per heavy atom. The zero-order valence-electron chi connectivity index (χ0n) is 7.64. The zero-order chi connectivity index (χ0) is 11.0. The van der Waals surface area contributed by atoms with Crippen molar-refractivity contribution in [3.8, 4) is 0 Å². The van der Waals surface area contributed by atoms with Crippen molar-refractivity contribution < 1.29 is 18.4 Å². The van der Waals surface area contributed by atoms with Crippen LogP contribution in [-0.2, 0) is 18.1 Å². The summed E-state index contributed by atoms with van der Waals surface area (Å²) in [6, 6.07) is 2.61. The number of ketones is 1. The molecule has 0 saturated carbocycles. The average Bonchev–Trinajstić information content (AvgIpc) is 2.53. The van der Waals surface area contributed by atoms with E-state index in [1.165, 1.54) is 12.1 Å². The van der Waals surface area contributed by atoms with Gasteiger partial charge < -0.3 is 5.32 Å². The highest BCUT2D eigenvalue weighted by Gasteiger charge is 2.30. The fraction of sp³-hybridized carbons (Fsp3) is 0.200. The van der Waals surface area contributed by atoms with E-state index in [4.69, 9.17) is 0 Å². The van der Waals surface area contributed by atoms with Gasteiger partial charge in [0, 0.05) is 0 Å². The van der Waals surface area contributed by atoms with Gasteiger partial charge in [-0.25, -0.2) is 8.78 Å². The molecule has 0 saturated heterocycles. The van der Waals surface area contributed by atoms with E-state index in [9.17, 15) is 18.4 Å². The van der Waals surface area contributed by atoms with Gasteiger partial charge in [-0.2, -0.15) is 0 Å². The van der Waals surface area contributed by atoms with Gasteiger partial charge in [0.1, 0.15) is 13.3 Å². The second kappa shape index (κ2) is 3.42. The number of carbonyl (C=O) groups is 2. The fourth-order valence-electron chi connectivity index (χ4n) is 1.61. The third-order valence-electron chi connectivity index (χ3n) is 2.26. The number of alkyl halides is 2. The molecule has 1 heterocycles. The SMILES string of the molecule is O=C1Nc2cc(CF)cc(CF)c2C1=O. The van der Waals surface area contributed by atoms with Crippen molar-refractivity contribution in [3.05, 3.63) is 28.8 Å². The summed E-state index contributed by atoms with van der Waals surface area (Å²) in [5.41, 5.74) is 0.535. The summed E-state index contributed by atoms with van der Waals surface area (Å²) in [6.07, 6.45) is 0. The molecule has 0 spiro atoms. The minimum absolute atomic E-state index is 0.0275. The minimum atomic E-state index is -0.892. The number of hydrogen-bond donors (Lipinski definition) is 1. The highest BCUT2D eigenvalue weighted by atomic mass is 19.1. The normalized spacial score (nSPS) is 14.0. The number of anilines is 1. The Morgan fingerprint density at radius 1 is 1.13 bits per heavy atom. The lowest BCUT2D eigenvalue weighted by Crippen LogP contribution is -2.13. The van der Waals surface area contributed by atoms with Crippen LogP contribution in [0.15, 0.2) is 12.1 Å². The molecule has 3 nitrogen and oxygen atoms in total. The maximum absolute atomic E-state index is 12.6. The quantitative estimate of drug-likeness (QED) is 0.757. The third kappa shape index (κ3) is 1.40. The van der Waals surface area contributed by atoms with Crippen molar-refractivity contribution in [3.63, 3.8) is 0 Å². The highest BCUT2D eigenvalue weighted by molar-refractivity contribution is 6.52. The molecule has 1 amide bonds. The van der Waals surface area contributed by atoms with Crippen molar-refractivity contribution >= 4 is 17.4 Å². The molecular formula is C10H7F2NO2. The fourth-order valence-corrected chi connectivity index (χ4v) is 1.61. The maximum Gasteiger partial charge on any atom is 0.296 e. The first-order valence-corrected chi connectivity index (χ1v) is 4.30. The number of amides is 1. The molecule has 0 atom stereocenters. The Hall–Kier alpha value is -1.78. The maximum atomic E-state index is 12.6. The number of rotatable bonds is 2. The van der Waals surface area contributed by atoms with E-state index >= 15 is 0 Å². The van der Waals surface area contributed by atoms with Crippen molar-refractivity contribution in [1.82, 2.24) is 0 Å². The van der Waals surface area contributed by atoms with Crippen molar-refractivity contribution in [1.29, 1.82) is 0 Å². The second-order valence-corrected chi connectivity index (χ2v) is 3.23. The van der Waals surface area contributed by atoms with Crippen LogP contribution in [0.25, 0.3) is 0 Å². The van der Waals surface area contributed by atoms with Crippen LogP contribution in [0, 0.1) is 0 Å². The van der Waals surface area contributed by atoms with Crippen LogP contribution in [0.2, 0.25) is 0 Å². The molecule has 5 heteroatoms. The summed E-state index contributed by atoms with van der Waals surface area (Å²) in [4.78, 5) is 22.3. The van der Waals surface area contributed by atoms with Gasteiger partial charge in [0.25, 0.3) is 11.7 Å². The van der Waals surface area contributed by atoms with Gasteiger partial charge in [-0.05, 0) is 23.3 Å². The van der Waals surface area contributed by atoms with E-state index in [0.717, 1.165) is 0 Å². The largest absolute Gasteiger partial charge is 0.318 e. The average molecular weight is 211 g/mol. The van der Waals surface area contributed by atoms with Crippen molar-refractivity contribution in [2.75, 3.05) is 5.32 Å². The summed E-state index contributed by atoms with van der Waals surface area (Å²) in [5.74, 6) is -1.56. The zero-order valence-corrected chi connectivity index (χ0v) is 7.64. The Morgan fingerprint density at radius 3 is 2.47 bits per heavy atom. The van der Waals surface area contributed by atoms with Gasteiger partial charge in [0.15, 0.2) is 0 Å². The number of benzene rings is 1. The minimum Gasteiger partial charge on any atom is -0.318 e. The number of halogens is 2. The molecule has 0 aromatic heterocycles. The van der Waals surface area contributed by atoms with Gasteiger partial charge in [-0.15, -0.1) is 0 Å². The van der Waals surface area contributed by atoms with Gasteiger partial charge in [-0.3, -0.25) is 9.59 Å². The lowest BCUT2D eigenvalue weighted by molar-refractivity contribution is -0.112. The molecule has 2 rings (SSSR count). The van der Waals surface area contributed by atoms with E-state index in [1.807, 2.05) is 0 Å². The summed E-state index contributed by atoms with van der Waals surface area (Å²) < 4.78 is 25.0. The molecule has 1 N–H and O–H groups in total. The molecule has 0 unspecified atom stereocenters. The lowest BCUT2D eigenvalue weighted by atomic mass is 10.0. The summed E-state index contributed by atoms with van der Waals surface area (Å²) in [5, 5.41) is 2.27. The van der Waals surface area contributed by atoms with E-state index in [2.05, 4.69) is 5.32 Å². The molecule has 1 aromatic carbocycles. The number of Topliss-reactive ketones (excluding diaryl/α,β-unsaturated/α-hetero) is 1. The molecule has 1 aliphatic heterocycles. The lowest BCUT2D eigenvalue weighted by Gasteiger charge is -2.04. The molecule has 78 valence electrons. The molecule has 0 bridgehead atoms.